The van der Waals surface area contributed by atoms with Crippen molar-refractivity contribution >= 4 is 5.69 Å². The summed E-state index contributed by atoms with van der Waals surface area (Å²) in [6.07, 6.45) is -10.0. The fraction of sp³-hybridized carbons (Fsp3) is 0.333. The van der Waals surface area contributed by atoms with Crippen LogP contribution in [0.15, 0.2) is 12.1 Å². The van der Waals surface area contributed by atoms with Gasteiger partial charge in [0.1, 0.15) is 5.56 Å². The van der Waals surface area contributed by atoms with E-state index < -0.39 is 39.7 Å². The highest BCUT2D eigenvalue weighted by Crippen LogP contribution is 2.41. The van der Waals surface area contributed by atoms with E-state index in [0.717, 1.165) is 6.92 Å². The topological polar surface area (TPSA) is 43.1 Å². The summed E-state index contributed by atoms with van der Waals surface area (Å²) in [4.78, 5) is 8.96. The molecule has 0 saturated heterocycles. The van der Waals surface area contributed by atoms with Crippen molar-refractivity contribution in [1.82, 2.24) is 0 Å². The second-order valence-electron chi connectivity index (χ2n) is 3.44. The first-order valence-electron chi connectivity index (χ1n) is 4.38. The molecule has 3 nitrogen and oxygen atoms in total. The van der Waals surface area contributed by atoms with Crippen molar-refractivity contribution < 1.29 is 31.3 Å². The standard InChI is InChI=1S/C9H5F6NO2/c1-4-2-5(8(10,11)12)3-6(16(17)18)7(4)9(13,14)15/h2-3H,1H3. The normalized spacial score (nSPS) is 12.6. The van der Waals surface area contributed by atoms with Crippen molar-refractivity contribution in [1.29, 1.82) is 0 Å². The minimum atomic E-state index is -5.09. The fourth-order valence-corrected chi connectivity index (χ4v) is 1.45. The largest absolute Gasteiger partial charge is 0.423 e. The van der Waals surface area contributed by atoms with Crippen LogP contribution < -0.4 is 0 Å². The van der Waals surface area contributed by atoms with E-state index in [1.807, 2.05) is 0 Å². The lowest BCUT2D eigenvalue weighted by atomic mass is 10.0. The maximum absolute atomic E-state index is 12.5. The number of hydrogen-bond acceptors (Lipinski definition) is 2. The molecule has 0 bridgehead atoms. The molecule has 9 heteroatoms. The van der Waals surface area contributed by atoms with Crippen molar-refractivity contribution in [3.05, 3.63) is 38.9 Å². The molecular formula is C9H5F6NO2. The maximum atomic E-state index is 12.5. The Morgan fingerprint density at radius 2 is 1.56 bits per heavy atom. The molecule has 0 fully saturated rings. The number of hydrogen-bond donors (Lipinski definition) is 0. The van der Waals surface area contributed by atoms with Crippen LogP contribution in [0, 0.1) is 17.0 Å². The van der Waals surface area contributed by atoms with Gasteiger partial charge < -0.3 is 0 Å². The third-order valence-electron chi connectivity index (χ3n) is 2.12. The molecule has 0 aromatic heterocycles. The van der Waals surface area contributed by atoms with Gasteiger partial charge in [-0.1, -0.05) is 0 Å². The van der Waals surface area contributed by atoms with E-state index in [4.69, 9.17) is 0 Å². The molecule has 0 heterocycles. The highest BCUT2D eigenvalue weighted by molar-refractivity contribution is 5.50. The van der Waals surface area contributed by atoms with E-state index in [-0.39, 0.29) is 12.1 Å². The van der Waals surface area contributed by atoms with Crippen LogP contribution in [0.1, 0.15) is 16.7 Å². The third kappa shape index (κ3) is 2.71. The summed E-state index contributed by atoms with van der Waals surface area (Å²) in [5, 5.41) is 10.4. The molecule has 1 aromatic rings. The summed E-state index contributed by atoms with van der Waals surface area (Å²) in [7, 11) is 0. The lowest BCUT2D eigenvalue weighted by molar-refractivity contribution is -0.388. The molecule has 0 radical (unpaired) electrons. The first-order valence-corrected chi connectivity index (χ1v) is 4.38. The van der Waals surface area contributed by atoms with E-state index in [9.17, 15) is 36.5 Å². The van der Waals surface area contributed by atoms with Crippen molar-refractivity contribution in [3.63, 3.8) is 0 Å². The first-order chi connectivity index (χ1) is 7.94. The van der Waals surface area contributed by atoms with E-state index in [0.29, 0.717) is 0 Å². The van der Waals surface area contributed by atoms with Crippen LogP contribution in [0.3, 0.4) is 0 Å². The molecule has 0 aliphatic heterocycles. The van der Waals surface area contributed by atoms with Gasteiger partial charge in [-0.3, -0.25) is 10.1 Å². The molecule has 0 unspecified atom stereocenters. The Bertz CT molecular complexity index is 491. The van der Waals surface area contributed by atoms with Gasteiger partial charge in [0.05, 0.1) is 10.5 Å². The lowest BCUT2D eigenvalue weighted by Gasteiger charge is -2.13. The molecule has 0 saturated carbocycles. The van der Waals surface area contributed by atoms with Crippen LogP contribution in [0.4, 0.5) is 32.0 Å². The monoisotopic (exact) mass is 273 g/mol. The van der Waals surface area contributed by atoms with Crippen LogP contribution in [-0.2, 0) is 12.4 Å². The Hall–Kier alpha value is -1.80. The number of alkyl halides is 6. The van der Waals surface area contributed by atoms with Crippen LogP contribution in [0.25, 0.3) is 0 Å². The summed E-state index contributed by atoms with van der Waals surface area (Å²) in [6.45, 7) is 0.741. The number of nitrogens with zero attached hydrogens (tertiary/aromatic N) is 1. The van der Waals surface area contributed by atoms with Crippen molar-refractivity contribution in [2.45, 2.75) is 19.3 Å². The molecule has 0 atom stereocenters. The predicted molar refractivity (Wildman–Crippen MR) is 47.8 cm³/mol. The predicted octanol–water partition coefficient (Wildman–Crippen LogP) is 3.94. The van der Waals surface area contributed by atoms with Gasteiger partial charge in [0.2, 0.25) is 0 Å². The minimum absolute atomic E-state index is 0.115. The zero-order valence-corrected chi connectivity index (χ0v) is 8.69. The molecule has 0 spiro atoms. The number of rotatable bonds is 1. The molecule has 0 N–H and O–H groups in total. The Labute approximate surface area is 96.2 Å². The fourth-order valence-electron chi connectivity index (χ4n) is 1.45. The Balaban J connectivity index is 3.62. The van der Waals surface area contributed by atoms with Gasteiger partial charge in [0, 0.05) is 6.07 Å². The number of nitro groups is 1. The van der Waals surface area contributed by atoms with E-state index in [1.54, 1.807) is 0 Å². The van der Waals surface area contributed by atoms with E-state index >= 15 is 0 Å². The maximum Gasteiger partial charge on any atom is 0.423 e. The lowest BCUT2D eigenvalue weighted by Crippen LogP contribution is -2.14. The third-order valence-corrected chi connectivity index (χ3v) is 2.12. The Morgan fingerprint density at radius 3 is 1.89 bits per heavy atom. The van der Waals surface area contributed by atoms with Gasteiger partial charge in [0.15, 0.2) is 0 Å². The first kappa shape index (κ1) is 14.3. The van der Waals surface area contributed by atoms with Crippen LogP contribution >= 0.6 is 0 Å². The molecular weight excluding hydrogens is 268 g/mol. The van der Waals surface area contributed by atoms with Gasteiger partial charge in [-0.15, -0.1) is 0 Å². The highest BCUT2D eigenvalue weighted by atomic mass is 19.4. The molecule has 1 aromatic carbocycles. The quantitative estimate of drug-likeness (QED) is 0.442. The Morgan fingerprint density at radius 1 is 1.06 bits per heavy atom. The number of halogens is 6. The molecule has 100 valence electrons. The highest BCUT2D eigenvalue weighted by Gasteiger charge is 2.42. The molecule has 1 rings (SSSR count). The second kappa shape index (κ2) is 4.14. The SMILES string of the molecule is Cc1cc(C(F)(F)F)cc([N+](=O)[O-])c1C(F)(F)F. The molecule has 0 aliphatic rings. The van der Waals surface area contributed by atoms with Gasteiger partial charge in [0.25, 0.3) is 5.69 Å². The van der Waals surface area contributed by atoms with Gasteiger partial charge in [-0.05, 0) is 18.6 Å². The average Bonchev–Trinajstić information content (AvgIpc) is 2.12. The summed E-state index contributed by atoms with van der Waals surface area (Å²) in [6, 6.07) is 0.117. The minimum Gasteiger partial charge on any atom is -0.258 e. The van der Waals surface area contributed by atoms with Gasteiger partial charge in [-0.25, -0.2) is 0 Å². The van der Waals surface area contributed by atoms with Crippen LogP contribution in [-0.4, -0.2) is 4.92 Å². The van der Waals surface area contributed by atoms with Crippen molar-refractivity contribution in [3.8, 4) is 0 Å². The zero-order valence-electron chi connectivity index (χ0n) is 8.69. The molecule has 0 aliphatic carbocycles. The van der Waals surface area contributed by atoms with Crippen LogP contribution in [0.5, 0.6) is 0 Å². The summed E-state index contributed by atoms with van der Waals surface area (Å²) >= 11 is 0. The second-order valence-corrected chi connectivity index (χ2v) is 3.44. The summed E-state index contributed by atoms with van der Waals surface area (Å²) in [5.74, 6) is 0. The molecule has 18 heavy (non-hydrogen) atoms. The Kier molecular flexibility index (Phi) is 3.28. The number of aryl methyl sites for hydroxylation is 1. The van der Waals surface area contributed by atoms with Crippen molar-refractivity contribution in [2.75, 3.05) is 0 Å². The van der Waals surface area contributed by atoms with Gasteiger partial charge >= 0.3 is 12.4 Å². The van der Waals surface area contributed by atoms with E-state index in [2.05, 4.69) is 0 Å². The molecule has 0 amide bonds. The van der Waals surface area contributed by atoms with E-state index in [1.165, 1.54) is 0 Å². The van der Waals surface area contributed by atoms with Crippen LogP contribution in [0.2, 0.25) is 0 Å². The summed E-state index contributed by atoms with van der Waals surface area (Å²) < 4.78 is 74.5. The average molecular weight is 273 g/mol. The smallest absolute Gasteiger partial charge is 0.258 e. The number of benzene rings is 1. The number of nitro benzene ring substituents is 1. The van der Waals surface area contributed by atoms with Crippen molar-refractivity contribution in [2.24, 2.45) is 0 Å². The summed E-state index contributed by atoms with van der Waals surface area (Å²) in [5.41, 5.74) is -5.60. The van der Waals surface area contributed by atoms with Gasteiger partial charge in [-0.2, -0.15) is 26.3 Å². The zero-order chi connectivity index (χ0) is 14.3.